The van der Waals surface area contributed by atoms with Crippen LogP contribution in [0.5, 0.6) is 5.75 Å². The number of azo groups is 1. The summed E-state index contributed by atoms with van der Waals surface area (Å²) in [6, 6.07) is 11.4. The van der Waals surface area contributed by atoms with Gasteiger partial charge in [-0.15, -0.1) is 5.11 Å². The summed E-state index contributed by atoms with van der Waals surface area (Å²) < 4.78 is 0. The molecule has 0 unspecified atom stereocenters. The first-order chi connectivity index (χ1) is 8.15. The molecule has 2 aromatic rings. The lowest BCUT2D eigenvalue weighted by Crippen LogP contribution is -1.82. The van der Waals surface area contributed by atoms with Crippen LogP contribution in [0.2, 0.25) is 5.02 Å². The van der Waals surface area contributed by atoms with E-state index in [4.69, 9.17) is 22.4 Å². The van der Waals surface area contributed by atoms with E-state index in [2.05, 4.69) is 10.2 Å². The molecule has 2 rings (SSSR count). The van der Waals surface area contributed by atoms with Gasteiger partial charge in [-0.05, 0) is 42.5 Å². The third-order valence-corrected chi connectivity index (χ3v) is 2.40. The van der Waals surface area contributed by atoms with E-state index in [9.17, 15) is 0 Å². The highest BCUT2D eigenvalue weighted by molar-refractivity contribution is 6.33. The molecular formula is C12H10ClN3O. The lowest BCUT2D eigenvalue weighted by molar-refractivity contribution is 0.475. The number of nitrogens with zero attached hydrogens (tertiary/aromatic N) is 2. The van der Waals surface area contributed by atoms with Crippen molar-refractivity contribution in [2.24, 2.45) is 10.2 Å². The second-order valence-corrected chi connectivity index (χ2v) is 3.83. The van der Waals surface area contributed by atoms with E-state index in [0.29, 0.717) is 22.1 Å². The summed E-state index contributed by atoms with van der Waals surface area (Å²) in [6.07, 6.45) is 0. The second-order valence-electron chi connectivity index (χ2n) is 3.43. The minimum atomic E-state index is 0.189. The quantitative estimate of drug-likeness (QED) is 0.621. The van der Waals surface area contributed by atoms with Crippen molar-refractivity contribution >= 4 is 28.7 Å². The molecule has 0 aromatic heterocycles. The van der Waals surface area contributed by atoms with Crippen molar-refractivity contribution in [1.29, 1.82) is 0 Å². The third-order valence-electron chi connectivity index (χ3n) is 2.09. The Kier molecular flexibility index (Phi) is 3.25. The van der Waals surface area contributed by atoms with E-state index in [0.717, 1.165) is 0 Å². The van der Waals surface area contributed by atoms with Gasteiger partial charge >= 0.3 is 0 Å². The van der Waals surface area contributed by atoms with Crippen LogP contribution in [-0.4, -0.2) is 5.11 Å². The van der Waals surface area contributed by atoms with Gasteiger partial charge in [-0.3, -0.25) is 0 Å². The fraction of sp³-hybridized carbons (Fsp3) is 0. The van der Waals surface area contributed by atoms with Gasteiger partial charge in [-0.1, -0.05) is 11.6 Å². The minimum Gasteiger partial charge on any atom is -0.508 e. The van der Waals surface area contributed by atoms with Crippen molar-refractivity contribution in [2.45, 2.75) is 0 Å². The maximum Gasteiger partial charge on any atom is 0.115 e. The highest BCUT2D eigenvalue weighted by atomic mass is 35.5. The number of halogens is 1. The van der Waals surface area contributed by atoms with Crippen molar-refractivity contribution in [1.82, 2.24) is 0 Å². The van der Waals surface area contributed by atoms with Gasteiger partial charge in [0, 0.05) is 5.69 Å². The first kappa shape index (κ1) is 11.4. The van der Waals surface area contributed by atoms with Crippen LogP contribution in [0.4, 0.5) is 17.1 Å². The largest absolute Gasteiger partial charge is 0.508 e. The summed E-state index contributed by atoms with van der Waals surface area (Å²) in [5, 5.41) is 17.6. The molecule has 4 nitrogen and oxygen atoms in total. The van der Waals surface area contributed by atoms with Crippen LogP contribution in [0, 0.1) is 0 Å². The lowest BCUT2D eigenvalue weighted by atomic mass is 10.3. The van der Waals surface area contributed by atoms with Gasteiger partial charge in [0.15, 0.2) is 0 Å². The Morgan fingerprint density at radius 2 is 1.71 bits per heavy atom. The number of benzene rings is 2. The SMILES string of the molecule is Nc1ccc(/N=N/c2ccc(O)cc2)c(Cl)c1. The summed E-state index contributed by atoms with van der Waals surface area (Å²) in [5.41, 5.74) is 7.33. The van der Waals surface area contributed by atoms with Crippen molar-refractivity contribution in [3.05, 3.63) is 47.5 Å². The van der Waals surface area contributed by atoms with E-state index in [1.165, 1.54) is 0 Å². The summed E-state index contributed by atoms with van der Waals surface area (Å²) in [4.78, 5) is 0. The molecule has 0 fully saturated rings. The van der Waals surface area contributed by atoms with E-state index in [-0.39, 0.29) is 5.75 Å². The summed E-state index contributed by atoms with van der Waals surface area (Å²) in [6.45, 7) is 0. The summed E-state index contributed by atoms with van der Waals surface area (Å²) in [7, 11) is 0. The van der Waals surface area contributed by atoms with Crippen LogP contribution in [0.15, 0.2) is 52.7 Å². The topological polar surface area (TPSA) is 71.0 Å². The molecule has 86 valence electrons. The van der Waals surface area contributed by atoms with Crippen LogP contribution < -0.4 is 5.73 Å². The third kappa shape index (κ3) is 2.95. The maximum absolute atomic E-state index is 9.11. The van der Waals surface area contributed by atoms with E-state index in [1.54, 1.807) is 42.5 Å². The number of phenols is 1. The number of rotatable bonds is 2. The molecule has 0 saturated carbocycles. The Labute approximate surface area is 103 Å². The summed E-state index contributed by atoms with van der Waals surface area (Å²) in [5.74, 6) is 0.189. The van der Waals surface area contributed by atoms with Crippen molar-refractivity contribution < 1.29 is 5.11 Å². The van der Waals surface area contributed by atoms with Crippen LogP contribution in [0.3, 0.4) is 0 Å². The highest BCUT2D eigenvalue weighted by Gasteiger charge is 1.98. The van der Waals surface area contributed by atoms with Gasteiger partial charge in [-0.2, -0.15) is 5.11 Å². The average Bonchev–Trinajstić information content (AvgIpc) is 2.30. The zero-order valence-corrected chi connectivity index (χ0v) is 9.59. The Morgan fingerprint density at radius 3 is 2.35 bits per heavy atom. The second kappa shape index (κ2) is 4.84. The molecule has 0 aliphatic heterocycles. The molecule has 0 radical (unpaired) electrons. The van der Waals surface area contributed by atoms with E-state index in [1.807, 2.05) is 0 Å². The fourth-order valence-electron chi connectivity index (χ4n) is 1.24. The highest BCUT2D eigenvalue weighted by Crippen LogP contribution is 2.28. The molecule has 0 heterocycles. The summed E-state index contributed by atoms with van der Waals surface area (Å²) >= 11 is 5.95. The molecule has 2 aromatic carbocycles. The van der Waals surface area contributed by atoms with E-state index < -0.39 is 0 Å². The molecule has 3 N–H and O–H groups in total. The number of phenolic OH excluding ortho intramolecular Hbond substituents is 1. The van der Waals surface area contributed by atoms with E-state index >= 15 is 0 Å². The number of hydrogen-bond donors (Lipinski definition) is 2. The predicted octanol–water partition coefficient (Wildman–Crippen LogP) is 4.04. The number of anilines is 1. The average molecular weight is 248 g/mol. The van der Waals surface area contributed by atoms with Crippen LogP contribution >= 0.6 is 11.6 Å². The van der Waals surface area contributed by atoms with Crippen LogP contribution in [0.25, 0.3) is 0 Å². The first-order valence-corrected chi connectivity index (χ1v) is 5.29. The van der Waals surface area contributed by atoms with Gasteiger partial charge in [0.05, 0.1) is 10.7 Å². The zero-order valence-electron chi connectivity index (χ0n) is 8.84. The smallest absolute Gasteiger partial charge is 0.115 e. The number of hydrogen-bond acceptors (Lipinski definition) is 4. The Morgan fingerprint density at radius 1 is 1.00 bits per heavy atom. The van der Waals surface area contributed by atoms with Crippen molar-refractivity contribution in [3.8, 4) is 5.75 Å². The van der Waals surface area contributed by atoms with Crippen molar-refractivity contribution in [3.63, 3.8) is 0 Å². The van der Waals surface area contributed by atoms with Gasteiger partial charge in [-0.25, -0.2) is 0 Å². The fourth-order valence-corrected chi connectivity index (χ4v) is 1.46. The van der Waals surface area contributed by atoms with Gasteiger partial charge in [0.2, 0.25) is 0 Å². The van der Waals surface area contributed by atoms with Crippen molar-refractivity contribution in [2.75, 3.05) is 5.73 Å². The van der Waals surface area contributed by atoms with Gasteiger partial charge < -0.3 is 10.8 Å². The standard InChI is InChI=1S/C12H10ClN3O/c13-11-7-8(14)1-6-12(11)16-15-9-2-4-10(17)5-3-9/h1-7,17H,14H2/b16-15+. The lowest BCUT2D eigenvalue weighted by Gasteiger charge is -1.98. The molecule has 0 aliphatic carbocycles. The number of nitrogen functional groups attached to an aromatic ring is 1. The Bertz CT molecular complexity index is 552. The molecule has 17 heavy (non-hydrogen) atoms. The minimum absolute atomic E-state index is 0.189. The molecule has 0 bridgehead atoms. The maximum atomic E-state index is 9.11. The normalized spacial score (nSPS) is 10.9. The molecular weight excluding hydrogens is 238 g/mol. The number of nitrogens with two attached hydrogens (primary N) is 1. The van der Waals surface area contributed by atoms with Crippen LogP contribution in [0.1, 0.15) is 0 Å². The number of aromatic hydroxyl groups is 1. The molecule has 0 aliphatic rings. The first-order valence-electron chi connectivity index (χ1n) is 4.91. The van der Waals surface area contributed by atoms with Crippen LogP contribution in [-0.2, 0) is 0 Å². The Hall–Kier alpha value is -2.07. The monoisotopic (exact) mass is 247 g/mol. The Balaban J connectivity index is 2.23. The molecule has 0 spiro atoms. The predicted molar refractivity (Wildman–Crippen MR) is 68.1 cm³/mol. The molecule has 0 saturated heterocycles. The molecule has 0 amide bonds. The van der Waals surface area contributed by atoms with Gasteiger partial charge in [0.1, 0.15) is 11.4 Å². The molecule has 5 heteroatoms. The molecule has 0 atom stereocenters. The van der Waals surface area contributed by atoms with Gasteiger partial charge in [0.25, 0.3) is 0 Å². The zero-order chi connectivity index (χ0) is 12.3.